The molecule has 1 fully saturated rings. The van der Waals surface area contributed by atoms with Crippen molar-refractivity contribution in [1.82, 2.24) is 10.2 Å². The first-order valence-corrected chi connectivity index (χ1v) is 7.02. The van der Waals surface area contributed by atoms with Crippen LogP contribution in [0.5, 0.6) is 0 Å². The second kappa shape index (κ2) is 6.13. The lowest BCUT2D eigenvalue weighted by atomic mass is 9.75. The molecule has 0 radical (unpaired) electrons. The van der Waals surface area contributed by atoms with Gasteiger partial charge in [0.05, 0.1) is 0 Å². The first-order chi connectivity index (χ1) is 9.98. The number of hydrogen-bond acceptors (Lipinski definition) is 4. The second-order valence-electron chi connectivity index (χ2n) is 5.72. The Morgan fingerprint density at radius 2 is 1.90 bits per heavy atom. The van der Waals surface area contributed by atoms with Crippen LogP contribution in [0.1, 0.15) is 35.2 Å². The Morgan fingerprint density at radius 3 is 2.33 bits per heavy atom. The summed E-state index contributed by atoms with van der Waals surface area (Å²) in [5.74, 6) is -0.0721. The van der Waals surface area contributed by atoms with E-state index in [1.807, 2.05) is 0 Å². The van der Waals surface area contributed by atoms with Gasteiger partial charge in [-0.3, -0.25) is 4.79 Å². The molecule has 0 aliphatic heterocycles. The average Bonchev–Trinajstić information content (AvgIpc) is 2.44. The van der Waals surface area contributed by atoms with Crippen LogP contribution in [0, 0.1) is 0 Å². The van der Waals surface area contributed by atoms with Crippen LogP contribution in [0.4, 0.5) is 0 Å². The lowest BCUT2D eigenvalue weighted by Gasteiger charge is -2.47. The molecule has 0 saturated heterocycles. The van der Waals surface area contributed by atoms with Crippen LogP contribution in [0.2, 0.25) is 0 Å². The molecule has 0 unspecified atom stereocenters. The van der Waals surface area contributed by atoms with Gasteiger partial charge in [0.15, 0.2) is 5.84 Å². The number of likely N-dealkylation sites (N-methyl/N-ethyl adjacent to an activating group) is 1. The van der Waals surface area contributed by atoms with Crippen molar-refractivity contribution >= 4 is 11.7 Å². The molecule has 0 atom stereocenters. The number of nitrogens with zero attached hydrogens (tertiary/aromatic N) is 2. The third-order valence-electron chi connectivity index (χ3n) is 4.36. The molecule has 21 heavy (non-hydrogen) atoms. The maximum absolute atomic E-state index is 12.2. The SMILES string of the molecule is CN(C)C1(CNC(=O)c2ccc(/C(N)=N/O)cc2)CCC1. The summed E-state index contributed by atoms with van der Waals surface area (Å²) in [6.07, 6.45) is 3.44. The normalized spacial score (nSPS) is 17.4. The highest BCUT2D eigenvalue weighted by atomic mass is 16.4. The van der Waals surface area contributed by atoms with Gasteiger partial charge in [-0.1, -0.05) is 17.3 Å². The summed E-state index contributed by atoms with van der Waals surface area (Å²) < 4.78 is 0. The van der Waals surface area contributed by atoms with Crippen molar-refractivity contribution in [2.75, 3.05) is 20.6 Å². The molecule has 114 valence electrons. The van der Waals surface area contributed by atoms with Crippen LogP contribution in [0.15, 0.2) is 29.4 Å². The highest BCUT2D eigenvalue weighted by Crippen LogP contribution is 2.35. The fourth-order valence-electron chi connectivity index (χ4n) is 2.56. The molecule has 1 aliphatic rings. The molecular weight excluding hydrogens is 268 g/mol. The number of nitrogens with two attached hydrogens (primary N) is 1. The molecule has 0 spiro atoms. The van der Waals surface area contributed by atoms with E-state index in [0.717, 1.165) is 12.8 Å². The number of oxime groups is 1. The summed E-state index contributed by atoms with van der Waals surface area (Å²) in [6, 6.07) is 6.67. The zero-order valence-corrected chi connectivity index (χ0v) is 12.5. The molecule has 0 bridgehead atoms. The Balaban J connectivity index is 1.97. The van der Waals surface area contributed by atoms with E-state index in [0.29, 0.717) is 17.7 Å². The van der Waals surface area contributed by atoms with Crippen molar-refractivity contribution in [3.8, 4) is 0 Å². The van der Waals surface area contributed by atoms with Crippen molar-refractivity contribution < 1.29 is 10.0 Å². The summed E-state index contributed by atoms with van der Waals surface area (Å²) in [7, 11) is 4.11. The van der Waals surface area contributed by atoms with Crippen LogP contribution < -0.4 is 11.1 Å². The van der Waals surface area contributed by atoms with Gasteiger partial charge in [0.25, 0.3) is 5.91 Å². The monoisotopic (exact) mass is 290 g/mol. The molecule has 1 aromatic rings. The van der Waals surface area contributed by atoms with E-state index in [2.05, 4.69) is 29.5 Å². The van der Waals surface area contributed by atoms with Crippen molar-refractivity contribution in [2.24, 2.45) is 10.9 Å². The molecule has 1 aromatic carbocycles. The first kappa shape index (κ1) is 15.3. The van der Waals surface area contributed by atoms with Crippen molar-refractivity contribution in [3.63, 3.8) is 0 Å². The minimum atomic E-state index is -0.103. The Labute approximate surface area is 124 Å². The summed E-state index contributed by atoms with van der Waals surface area (Å²) in [6.45, 7) is 0.654. The number of amides is 1. The molecule has 1 aliphatic carbocycles. The van der Waals surface area contributed by atoms with E-state index < -0.39 is 0 Å². The maximum atomic E-state index is 12.2. The van der Waals surface area contributed by atoms with Gasteiger partial charge in [-0.25, -0.2) is 0 Å². The standard InChI is InChI=1S/C15H22N4O2/c1-19(2)15(8-3-9-15)10-17-14(20)12-6-4-11(5-7-12)13(16)18-21/h4-7,21H,3,8-10H2,1-2H3,(H2,16,18)(H,17,20). The summed E-state index contributed by atoms with van der Waals surface area (Å²) >= 11 is 0. The van der Waals surface area contributed by atoms with Gasteiger partial charge in [-0.15, -0.1) is 0 Å². The van der Waals surface area contributed by atoms with Crippen LogP contribution in [-0.2, 0) is 0 Å². The van der Waals surface area contributed by atoms with Crippen LogP contribution in [0.25, 0.3) is 0 Å². The van der Waals surface area contributed by atoms with E-state index in [4.69, 9.17) is 10.9 Å². The quantitative estimate of drug-likeness (QED) is 0.326. The Kier molecular flexibility index (Phi) is 4.47. The number of benzene rings is 1. The predicted molar refractivity (Wildman–Crippen MR) is 81.6 cm³/mol. The number of carbonyl (C=O) groups is 1. The van der Waals surface area contributed by atoms with Gasteiger partial charge in [-0.2, -0.15) is 0 Å². The summed E-state index contributed by atoms with van der Waals surface area (Å²) in [4.78, 5) is 14.4. The van der Waals surface area contributed by atoms with Gasteiger partial charge in [0.2, 0.25) is 0 Å². The molecule has 6 nitrogen and oxygen atoms in total. The van der Waals surface area contributed by atoms with Crippen LogP contribution >= 0.6 is 0 Å². The van der Waals surface area contributed by atoms with E-state index >= 15 is 0 Å². The molecule has 2 rings (SSSR count). The maximum Gasteiger partial charge on any atom is 0.251 e. The molecule has 4 N–H and O–H groups in total. The number of rotatable bonds is 5. The lowest BCUT2D eigenvalue weighted by molar-refractivity contribution is 0.0557. The fraction of sp³-hybridized carbons (Fsp3) is 0.467. The largest absolute Gasteiger partial charge is 0.409 e. The number of carbonyl (C=O) groups excluding carboxylic acids is 1. The van der Waals surface area contributed by atoms with E-state index in [-0.39, 0.29) is 17.3 Å². The number of hydrogen-bond donors (Lipinski definition) is 3. The highest BCUT2D eigenvalue weighted by Gasteiger charge is 2.39. The van der Waals surface area contributed by atoms with Crippen molar-refractivity contribution in [2.45, 2.75) is 24.8 Å². The molecule has 0 aromatic heterocycles. The van der Waals surface area contributed by atoms with Crippen LogP contribution in [0.3, 0.4) is 0 Å². The predicted octanol–water partition coefficient (Wildman–Crippen LogP) is 0.995. The molecule has 1 saturated carbocycles. The lowest BCUT2D eigenvalue weighted by Crippen LogP contribution is -2.57. The molecular formula is C15H22N4O2. The Morgan fingerprint density at radius 1 is 1.33 bits per heavy atom. The van der Waals surface area contributed by atoms with E-state index in [1.165, 1.54) is 6.42 Å². The van der Waals surface area contributed by atoms with Gasteiger partial charge in [0.1, 0.15) is 0 Å². The second-order valence-corrected chi connectivity index (χ2v) is 5.72. The van der Waals surface area contributed by atoms with Gasteiger partial charge in [-0.05, 0) is 45.5 Å². The van der Waals surface area contributed by atoms with E-state index in [9.17, 15) is 4.79 Å². The first-order valence-electron chi connectivity index (χ1n) is 7.02. The van der Waals surface area contributed by atoms with Crippen molar-refractivity contribution in [3.05, 3.63) is 35.4 Å². The highest BCUT2D eigenvalue weighted by molar-refractivity contribution is 5.99. The molecule has 6 heteroatoms. The Hall–Kier alpha value is -2.08. The van der Waals surface area contributed by atoms with Gasteiger partial charge >= 0.3 is 0 Å². The van der Waals surface area contributed by atoms with Crippen LogP contribution in [-0.4, -0.2) is 48.0 Å². The third-order valence-corrected chi connectivity index (χ3v) is 4.36. The minimum absolute atomic E-state index is 0.0305. The third kappa shape index (κ3) is 3.16. The fourth-order valence-corrected chi connectivity index (χ4v) is 2.56. The van der Waals surface area contributed by atoms with Gasteiger partial charge < -0.3 is 21.2 Å². The van der Waals surface area contributed by atoms with Gasteiger partial charge in [0, 0.05) is 23.2 Å². The average molecular weight is 290 g/mol. The summed E-state index contributed by atoms with van der Waals surface area (Å²) in [5.41, 5.74) is 6.74. The number of nitrogens with one attached hydrogen (secondary N) is 1. The number of amidine groups is 1. The summed E-state index contributed by atoms with van der Waals surface area (Å²) in [5, 5.41) is 14.5. The van der Waals surface area contributed by atoms with Crippen molar-refractivity contribution in [1.29, 1.82) is 0 Å². The smallest absolute Gasteiger partial charge is 0.251 e. The Bertz CT molecular complexity index is 533. The minimum Gasteiger partial charge on any atom is -0.409 e. The molecule has 1 amide bonds. The topological polar surface area (TPSA) is 91.0 Å². The van der Waals surface area contributed by atoms with E-state index in [1.54, 1.807) is 24.3 Å². The zero-order chi connectivity index (χ0) is 15.5. The molecule has 0 heterocycles. The zero-order valence-electron chi connectivity index (χ0n) is 12.5.